The molecule has 3 nitrogen and oxygen atoms in total. The highest BCUT2D eigenvalue weighted by molar-refractivity contribution is 5.93. The number of esters is 1. The maximum absolute atomic E-state index is 10.2. The van der Waals surface area contributed by atoms with Gasteiger partial charge in [-0.15, -0.1) is 0 Å². The maximum Gasteiger partial charge on any atom is 0.313 e. The van der Waals surface area contributed by atoms with E-state index in [1.165, 1.54) is 14.0 Å². The van der Waals surface area contributed by atoms with Gasteiger partial charge in [-0.2, -0.15) is 0 Å². The molecule has 0 aromatic carbocycles. The number of hydrogen-bond donors (Lipinski definition) is 0. The van der Waals surface area contributed by atoms with Crippen molar-refractivity contribution < 1.29 is 14.3 Å². The van der Waals surface area contributed by atoms with Gasteiger partial charge in [0, 0.05) is 0 Å². The van der Waals surface area contributed by atoms with Gasteiger partial charge < -0.3 is 4.74 Å². The summed E-state index contributed by atoms with van der Waals surface area (Å²) in [4.78, 5) is 20.3. The molecule has 0 unspecified atom stereocenters. The van der Waals surface area contributed by atoms with Crippen LogP contribution in [0.25, 0.3) is 0 Å². The standard InChI is InChI=1S/C5H8O3.C2H6/c1-4(6)3-5(7)8-2;1-2/h3H2,1-2H3;1-2H3. The fraction of sp³-hybridized carbons (Fsp3) is 0.714. The molecule has 0 bridgehead atoms. The van der Waals surface area contributed by atoms with Crippen molar-refractivity contribution in [3.8, 4) is 0 Å². The van der Waals surface area contributed by atoms with Crippen molar-refractivity contribution in [1.82, 2.24) is 0 Å². The minimum absolute atomic E-state index is 0.115. The molecule has 3 heteroatoms. The summed E-state index contributed by atoms with van der Waals surface area (Å²) < 4.78 is 4.20. The van der Waals surface area contributed by atoms with Gasteiger partial charge in [0.15, 0.2) is 0 Å². The lowest BCUT2D eigenvalue weighted by atomic mass is 10.3. The molecule has 0 amide bonds. The van der Waals surface area contributed by atoms with Gasteiger partial charge in [0.05, 0.1) is 7.11 Å². The van der Waals surface area contributed by atoms with E-state index in [-0.39, 0.29) is 12.2 Å². The molecule has 0 radical (unpaired) electrons. The second kappa shape index (κ2) is 8.14. The first-order chi connectivity index (χ1) is 4.66. The highest BCUT2D eigenvalue weighted by Gasteiger charge is 2.01. The van der Waals surface area contributed by atoms with Crippen molar-refractivity contribution in [2.75, 3.05) is 7.11 Å². The zero-order chi connectivity index (χ0) is 8.57. The van der Waals surface area contributed by atoms with Crippen molar-refractivity contribution in [3.63, 3.8) is 0 Å². The van der Waals surface area contributed by atoms with Gasteiger partial charge in [-0.05, 0) is 6.92 Å². The van der Waals surface area contributed by atoms with Crippen molar-refractivity contribution in [3.05, 3.63) is 0 Å². The van der Waals surface area contributed by atoms with Gasteiger partial charge in [-0.25, -0.2) is 0 Å². The third-order valence-corrected chi connectivity index (χ3v) is 0.621. The normalized spacial score (nSPS) is 7.20. The van der Waals surface area contributed by atoms with Crippen molar-refractivity contribution >= 4 is 11.8 Å². The van der Waals surface area contributed by atoms with Crippen LogP contribution in [-0.2, 0) is 14.3 Å². The van der Waals surface area contributed by atoms with Crippen molar-refractivity contribution in [2.45, 2.75) is 27.2 Å². The summed E-state index contributed by atoms with van der Waals surface area (Å²) in [5, 5.41) is 0. The summed E-state index contributed by atoms with van der Waals surface area (Å²) in [6, 6.07) is 0. The topological polar surface area (TPSA) is 43.4 Å². The van der Waals surface area contributed by atoms with E-state index in [4.69, 9.17) is 0 Å². The number of Topliss-reactive ketones (excluding diaryl/α,β-unsaturated/α-hetero) is 1. The zero-order valence-corrected chi connectivity index (χ0v) is 6.93. The molecule has 0 aliphatic rings. The number of ether oxygens (including phenoxy) is 1. The fourth-order valence-corrected chi connectivity index (χ4v) is 0.275. The highest BCUT2D eigenvalue weighted by Crippen LogP contribution is 1.83. The molecule has 0 fully saturated rings. The Bertz CT molecular complexity index is 107. The second-order valence-electron chi connectivity index (χ2n) is 1.45. The largest absolute Gasteiger partial charge is 0.469 e. The van der Waals surface area contributed by atoms with Gasteiger partial charge in [0.1, 0.15) is 12.2 Å². The molecule has 0 aliphatic heterocycles. The molecule has 0 aromatic rings. The third kappa shape index (κ3) is 10.2. The first-order valence-corrected chi connectivity index (χ1v) is 3.23. The maximum atomic E-state index is 10.2. The Balaban J connectivity index is 0. The van der Waals surface area contributed by atoms with Crippen LogP contribution >= 0.6 is 0 Å². The van der Waals surface area contributed by atoms with Crippen LogP contribution in [0.2, 0.25) is 0 Å². The van der Waals surface area contributed by atoms with Crippen molar-refractivity contribution in [1.29, 1.82) is 0 Å². The lowest BCUT2D eigenvalue weighted by Crippen LogP contribution is -2.05. The van der Waals surface area contributed by atoms with E-state index in [2.05, 4.69) is 4.74 Å². The first-order valence-electron chi connectivity index (χ1n) is 3.23. The summed E-state index contributed by atoms with van der Waals surface area (Å²) in [6.07, 6.45) is -0.115. The van der Waals surface area contributed by atoms with E-state index in [1.807, 2.05) is 13.8 Å². The van der Waals surface area contributed by atoms with E-state index < -0.39 is 5.97 Å². The minimum atomic E-state index is -0.475. The lowest BCUT2D eigenvalue weighted by molar-refractivity contribution is -0.142. The summed E-state index contributed by atoms with van der Waals surface area (Å²) in [7, 11) is 1.26. The number of carbonyl (C=O) groups is 2. The van der Waals surface area contributed by atoms with Crippen molar-refractivity contribution in [2.24, 2.45) is 0 Å². The Morgan fingerprint density at radius 1 is 1.30 bits per heavy atom. The highest BCUT2D eigenvalue weighted by atomic mass is 16.5. The monoisotopic (exact) mass is 146 g/mol. The molecule has 0 heterocycles. The van der Waals surface area contributed by atoms with Gasteiger partial charge >= 0.3 is 5.97 Å². The molecule has 60 valence electrons. The van der Waals surface area contributed by atoms with Crippen LogP contribution < -0.4 is 0 Å². The van der Waals surface area contributed by atoms with E-state index in [9.17, 15) is 9.59 Å². The third-order valence-electron chi connectivity index (χ3n) is 0.621. The van der Waals surface area contributed by atoms with Crippen LogP contribution in [0.4, 0.5) is 0 Å². The second-order valence-corrected chi connectivity index (χ2v) is 1.45. The molecule has 0 rings (SSSR count). The SMILES string of the molecule is CC.COC(=O)CC(C)=O. The smallest absolute Gasteiger partial charge is 0.313 e. The molecule has 0 aromatic heterocycles. The van der Waals surface area contributed by atoms with Gasteiger partial charge in [0.2, 0.25) is 0 Å². The van der Waals surface area contributed by atoms with Crippen LogP contribution in [0.3, 0.4) is 0 Å². The summed E-state index contributed by atoms with van der Waals surface area (Å²) in [5.74, 6) is -0.644. The molecular formula is C7H14O3. The van der Waals surface area contributed by atoms with Crippen LogP contribution in [0.15, 0.2) is 0 Å². The number of ketones is 1. The zero-order valence-electron chi connectivity index (χ0n) is 6.93. The predicted octanol–water partition coefficient (Wildman–Crippen LogP) is 1.16. The number of methoxy groups -OCH3 is 1. The molecule has 0 aliphatic carbocycles. The van der Waals surface area contributed by atoms with Crippen LogP contribution in [0, 0.1) is 0 Å². The van der Waals surface area contributed by atoms with Gasteiger partial charge in [-0.3, -0.25) is 9.59 Å². The number of carbonyl (C=O) groups excluding carboxylic acids is 2. The molecule has 0 saturated carbocycles. The summed E-state index contributed by atoms with van der Waals surface area (Å²) in [6.45, 7) is 5.34. The molecule has 10 heavy (non-hydrogen) atoms. The Kier molecular flexibility index (Phi) is 9.67. The number of hydrogen-bond acceptors (Lipinski definition) is 3. The number of rotatable bonds is 2. The van der Waals surface area contributed by atoms with Crippen LogP contribution in [-0.4, -0.2) is 18.9 Å². The quantitative estimate of drug-likeness (QED) is 0.433. The van der Waals surface area contributed by atoms with E-state index in [1.54, 1.807) is 0 Å². The molecule has 0 spiro atoms. The average molecular weight is 146 g/mol. The molecular weight excluding hydrogens is 132 g/mol. The molecule has 0 saturated heterocycles. The molecule has 0 atom stereocenters. The Morgan fingerprint density at radius 3 is 1.80 bits per heavy atom. The fourth-order valence-electron chi connectivity index (χ4n) is 0.275. The average Bonchev–Trinajstić information content (AvgIpc) is 1.91. The van der Waals surface area contributed by atoms with E-state index in [0.717, 1.165) is 0 Å². The van der Waals surface area contributed by atoms with Crippen LogP contribution in [0.5, 0.6) is 0 Å². The van der Waals surface area contributed by atoms with E-state index >= 15 is 0 Å². The Labute approximate surface area is 61.4 Å². The van der Waals surface area contributed by atoms with Gasteiger partial charge in [0.25, 0.3) is 0 Å². The Morgan fingerprint density at radius 2 is 1.70 bits per heavy atom. The first kappa shape index (κ1) is 11.9. The van der Waals surface area contributed by atoms with Gasteiger partial charge in [-0.1, -0.05) is 13.8 Å². The summed E-state index contributed by atoms with van der Waals surface area (Å²) >= 11 is 0. The lowest BCUT2D eigenvalue weighted by Gasteiger charge is -1.90. The summed E-state index contributed by atoms with van der Waals surface area (Å²) in [5.41, 5.74) is 0. The van der Waals surface area contributed by atoms with E-state index in [0.29, 0.717) is 0 Å². The predicted molar refractivity (Wildman–Crippen MR) is 38.7 cm³/mol. The van der Waals surface area contributed by atoms with Crippen LogP contribution in [0.1, 0.15) is 27.2 Å². The molecule has 0 N–H and O–H groups in total. The minimum Gasteiger partial charge on any atom is -0.469 e. The Hall–Kier alpha value is -0.860.